The van der Waals surface area contributed by atoms with Crippen LogP contribution in [0, 0.1) is 0 Å². The van der Waals surface area contributed by atoms with Gasteiger partial charge in [-0.2, -0.15) is 0 Å². The lowest BCUT2D eigenvalue weighted by Crippen LogP contribution is -2.42. The molecule has 0 heterocycles. The van der Waals surface area contributed by atoms with Gasteiger partial charge in [-0.3, -0.25) is 4.57 Å². The Morgan fingerprint density at radius 3 is 1.24 bits per heavy atom. The Kier molecular flexibility index (Phi) is 35.9. The fraction of sp³-hybridized carbons (Fsp3) is 0.976. The van der Waals surface area contributed by atoms with Gasteiger partial charge >= 0.3 is 6.03 Å². The maximum Gasteiger partial charge on any atom is 0.317 e. The number of phosphoric ester groups is 1. The number of phosphoric acid groups is 1. The van der Waals surface area contributed by atoms with E-state index in [0.717, 1.165) is 25.7 Å². The van der Waals surface area contributed by atoms with Crippen LogP contribution in [0.2, 0.25) is 0 Å². The smallest absolute Gasteiger partial charge is 0.317 e. The Labute approximate surface area is 318 Å². The molecule has 1 unspecified atom stereocenters. The molecule has 0 aromatic carbocycles. The van der Waals surface area contributed by atoms with Crippen molar-refractivity contribution in [3.63, 3.8) is 0 Å². The molecule has 51 heavy (non-hydrogen) atoms. The van der Waals surface area contributed by atoms with Gasteiger partial charge in [0.15, 0.2) is 0 Å². The molecule has 0 aromatic heterocycles. The largest absolute Gasteiger partial charge is 0.756 e. The fourth-order valence-corrected chi connectivity index (χ4v) is 7.20. The molecule has 0 radical (unpaired) electrons. The zero-order valence-electron chi connectivity index (χ0n) is 34.8. The Morgan fingerprint density at radius 2 is 0.863 bits per heavy atom. The van der Waals surface area contributed by atoms with Gasteiger partial charge in [0.05, 0.1) is 27.7 Å². The summed E-state index contributed by atoms with van der Waals surface area (Å²) >= 11 is 0. The van der Waals surface area contributed by atoms with E-state index in [2.05, 4.69) is 19.2 Å². The highest BCUT2D eigenvalue weighted by atomic mass is 31.2. The summed E-state index contributed by atoms with van der Waals surface area (Å²) in [6, 6.07) is -0.124. The van der Waals surface area contributed by atoms with Gasteiger partial charge in [0.1, 0.15) is 13.2 Å². The number of amides is 2. The number of likely N-dealkylation sites (N-methyl/N-ethyl adjacent to an activating group) is 1. The minimum atomic E-state index is -4.40. The van der Waals surface area contributed by atoms with Gasteiger partial charge in [-0.25, -0.2) is 4.79 Å². The van der Waals surface area contributed by atoms with E-state index in [-0.39, 0.29) is 25.8 Å². The van der Waals surface area contributed by atoms with Gasteiger partial charge in [0.2, 0.25) is 0 Å². The van der Waals surface area contributed by atoms with Crippen molar-refractivity contribution in [2.75, 3.05) is 60.5 Å². The fourth-order valence-electron chi connectivity index (χ4n) is 6.52. The summed E-state index contributed by atoms with van der Waals surface area (Å²) in [5.41, 5.74) is 0. The van der Waals surface area contributed by atoms with E-state index in [1.807, 2.05) is 21.1 Å². The van der Waals surface area contributed by atoms with E-state index >= 15 is 0 Å². The molecule has 1 N–H and O–H groups in total. The summed E-state index contributed by atoms with van der Waals surface area (Å²) in [5, 5.41) is 3.08. The zero-order chi connectivity index (χ0) is 37.7. The first-order chi connectivity index (χ1) is 24.6. The van der Waals surface area contributed by atoms with Crippen LogP contribution in [-0.4, -0.2) is 75.9 Å². The Balaban J connectivity index is 4.23. The van der Waals surface area contributed by atoms with Gasteiger partial charge in [-0.05, 0) is 12.8 Å². The highest BCUT2D eigenvalue weighted by molar-refractivity contribution is 7.45. The van der Waals surface area contributed by atoms with E-state index in [1.165, 1.54) is 167 Å². The summed E-state index contributed by atoms with van der Waals surface area (Å²) in [6.07, 6.45) is 39.2. The van der Waals surface area contributed by atoms with Crippen LogP contribution in [0.1, 0.15) is 206 Å². The summed E-state index contributed by atoms with van der Waals surface area (Å²) in [7, 11) is 1.54. The number of carbonyl (C=O) groups excluding carboxylic acids is 1. The first-order valence-electron chi connectivity index (χ1n) is 22.0. The average Bonchev–Trinajstić information content (AvgIpc) is 3.08. The molecule has 0 saturated carbocycles. The Morgan fingerprint density at radius 1 is 0.529 bits per heavy atom. The molecule has 0 aliphatic rings. The molecule has 0 rings (SSSR count). The summed E-state index contributed by atoms with van der Waals surface area (Å²) in [4.78, 5) is 27.1. The lowest BCUT2D eigenvalue weighted by molar-refractivity contribution is -0.870. The van der Waals surface area contributed by atoms with Gasteiger partial charge in [-0.1, -0.05) is 194 Å². The van der Waals surface area contributed by atoms with Crippen molar-refractivity contribution in [2.24, 2.45) is 0 Å². The van der Waals surface area contributed by atoms with E-state index in [4.69, 9.17) is 9.05 Å². The van der Waals surface area contributed by atoms with Gasteiger partial charge in [0.25, 0.3) is 7.82 Å². The van der Waals surface area contributed by atoms with Crippen molar-refractivity contribution in [2.45, 2.75) is 206 Å². The van der Waals surface area contributed by atoms with E-state index in [1.54, 1.807) is 4.90 Å². The molecular weight excluding hydrogens is 657 g/mol. The van der Waals surface area contributed by atoms with Crippen molar-refractivity contribution >= 4 is 13.9 Å². The maximum absolute atomic E-state index is 13.1. The topological polar surface area (TPSA) is 90.9 Å². The molecular formula is C42H88N3O5P. The molecule has 1 atom stereocenters. The molecule has 0 fully saturated rings. The number of carbonyl (C=O) groups is 1. The third-order valence-corrected chi connectivity index (χ3v) is 11.0. The highest BCUT2D eigenvalue weighted by Gasteiger charge is 2.17. The molecule has 0 spiro atoms. The van der Waals surface area contributed by atoms with Crippen LogP contribution < -0.4 is 10.2 Å². The molecule has 0 aliphatic carbocycles. The SMILES string of the molecule is CCCCCCCCCCCCCCCCCCN(CCOP(=O)([O-])OCC[N+](C)(C)C)C(=O)NCCCCCCCCCCCCCCCC. The predicted octanol–water partition coefficient (Wildman–Crippen LogP) is 11.9. The van der Waals surface area contributed by atoms with Crippen molar-refractivity contribution in [3.8, 4) is 0 Å². The number of nitrogens with zero attached hydrogens (tertiary/aromatic N) is 2. The molecule has 2 amide bonds. The molecule has 8 nitrogen and oxygen atoms in total. The number of unbranched alkanes of at least 4 members (excludes halogenated alkanes) is 28. The van der Waals surface area contributed by atoms with Crippen molar-refractivity contribution in [1.29, 1.82) is 0 Å². The standard InChI is InChI=1S/C42H88N3O5P/c1-6-8-10-12-14-16-18-20-22-23-25-27-29-31-33-35-37-44(38-40-49-51(47,48)50-41-39-45(3,4)5)42(46)43-36-34-32-30-28-26-24-21-19-17-15-13-11-9-7-2/h6-41H2,1-5H3,(H-,43,46,47,48). The molecule has 0 bridgehead atoms. The van der Waals surface area contributed by atoms with E-state index in [0.29, 0.717) is 24.1 Å². The second-order valence-electron chi connectivity index (χ2n) is 16.2. The van der Waals surface area contributed by atoms with Crippen molar-refractivity contribution in [3.05, 3.63) is 0 Å². The van der Waals surface area contributed by atoms with E-state index < -0.39 is 7.82 Å². The van der Waals surface area contributed by atoms with Crippen LogP contribution in [0.3, 0.4) is 0 Å². The molecule has 0 aromatic rings. The zero-order valence-corrected chi connectivity index (χ0v) is 35.7. The normalized spacial score (nSPS) is 13.1. The first-order valence-corrected chi connectivity index (χ1v) is 23.5. The third kappa shape index (κ3) is 38.9. The first kappa shape index (κ1) is 50.3. The van der Waals surface area contributed by atoms with Gasteiger partial charge < -0.3 is 28.6 Å². The van der Waals surface area contributed by atoms with Crippen LogP contribution >= 0.6 is 7.82 Å². The predicted molar refractivity (Wildman–Crippen MR) is 217 cm³/mol. The average molecular weight is 746 g/mol. The van der Waals surface area contributed by atoms with Crippen LogP contribution in [0.15, 0.2) is 0 Å². The number of urea groups is 1. The minimum Gasteiger partial charge on any atom is -0.756 e. The number of quaternary nitrogens is 1. The monoisotopic (exact) mass is 746 g/mol. The molecule has 9 heteroatoms. The van der Waals surface area contributed by atoms with Crippen LogP contribution in [0.5, 0.6) is 0 Å². The number of hydrogen-bond acceptors (Lipinski definition) is 5. The van der Waals surface area contributed by atoms with Crippen LogP contribution in [-0.2, 0) is 13.6 Å². The number of hydrogen-bond donors (Lipinski definition) is 1. The Hall–Kier alpha value is -0.660. The molecule has 0 saturated heterocycles. The summed E-state index contributed by atoms with van der Waals surface area (Å²) in [6.45, 7) is 6.59. The minimum absolute atomic E-state index is 0.0763. The lowest BCUT2D eigenvalue weighted by atomic mass is 10.0. The summed E-state index contributed by atoms with van der Waals surface area (Å²) in [5.74, 6) is 0. The van der Waals surface area contributed by atoms with E-state index in [9.17, 15) is 14.3 Å². The third-order valence-electron chi connectivity index (χ3n) is 10.00. The summed E-state index contributed by atoms with van der Waals surface area (Å²) < 4.78 is 23.1. The van der Waals surface area contributed by atoms with Crippen LogP contribution in [0.25, 0.3) is 0 Å². The molecule has 306 valence electrons. The lowest BCUT2D eigenvalue weighted by Gasteiger charge is -2.28. The van der Waals surface area contributed by atoms with Gasteiger partial charge in [0, 0.05) is 19.6 Å². The number of nitrogens with one attached hydrogen (secondary N) is 1. The number of rotatable bonds is 40. The van der Waals surface area contributed by atoms with Crippen molar-refractivity contribution < 1.29 is 27.8 Å². The second-order valence-corrected chi connectivity index (χ2v) is 17.7. The second kappa shape index (κ2) is 36.3. The Bertz CT molecular complexity index is 795. The highest BCUT2D eigenvalue weighted by Crippen LogP contribution is 2.37. The van der Waals surface area contributed by atoms with Crippen LogP contribution in [0.4, 0.5) is 4.79 Å². The molecule has 0 aliphatic heterocycles. The quantitative estimate of drug-likeness (QED) is 0.0383. The maximum atomic E-state index is 13.1. The van der Waals surface area contributed by atoms with Crippen molar-refractivity contribution in [1.82, 2.24) is 10.2 Å². The van der Waals surface area contributed by atoms with Gasteiger partial charge in [-0.15, -0.1) is 0 Å².